The molecule has 3 atom stereocenters. The molecule has 3 unspecified atom stereocenters. The normalized spacial score (nSPS) is 13.3. The molecule has 1 amide bonds. The fourth-order valence-electron chi connectivity index (χ4n) is 9.97. The molecule has 0 saturated heterocycles. The van der Waals surface area contributed by atoms with Gasteiger partial charge in [0.25, 0.3) is 0 Å². The highest BCUT2D eigenvalue weighted by molar-refractivity contribution is 5.80. The summed E-state index contributed by atoms with van der Waals surface area (Å²) >= 11 is 0. The van der Waals surface area contributed by atoms with Gasteiger partial charge >= 0.3 is 0 Å². The van der Waals surface area contributed by atoms with E-state index in [2.05, 4.69) is 31.3 Å². The van der Waals surface area contributed by atoms with Gasteiger partial charge in [0, 0.05) is 0 Å². The highest BCUT2D eigenvalue weighted by Gasteiger charge is 2.22. The molecule has 0 heterocycles. The Balaban J connectivity index is 3.47. The van der Waals surface area contributed by atoms with Crippen molar-refractivity contribution in [1.29, 1.82) is 0 Å². The molecule has 0 aromatic heterocycles. The van der Waals surface area contributed by atoms with E-state index in [0.29, 0.717) is 6.42 Å². The van der Waals surface area contributed by atoms with E-state index in [9.17, 15) is 20.1 Å². The molecule has 0 aliphatic rings. The number of allylic oxidation sites excluding steroid dienone is 3. The van der Waals surface area contributed by atoms with Crippen molar-refractivity contribution in [3.8, 4) is 0 Å². The van der Waals surface area contributed by atoms with Crippen LogP contribution in [0, 0.1) is 0 Å². The predicted molar refractivity (Wildman–Crippen MR) is 301 cm³/mol. The smallest absolute Gasteiger partial charge is 0.249 e. The number of aliphatic hydroxyl groups is 3. The van der Waals surface area contributed by atoms with Gasteiger partial charge in [0.05, 0.1) is 18.8 Å². The second kappa shape index (κ2) is 58.4. The molecule has 0 rings (SSSR count). The molecule has 0 aliphatic carbocycles. The minimum atomic E-state index is -1.10. The van der Waals surface area contributed by atoms with Crippen LogP contribution in [0.3, 0.4) is 0 Å². The third-order valence-electron chi connectivity index (χ3n) is 14.8. The van der Waals surface area contributed by atoms with Gasteiger partial charge in [-0.05, 0) is 32.1 Å². The summed E-state index contributed by atoms with van der Waals surface area (Å²) < 4.78 is 0. The summed E-state index contributed by atoms with van der Waals surface area (Å²) in [7, 11) is 0. The minimum Gasteiger partial charge on any atom is -0.394 e. The average molecular weight is 959 g/mol. The van der Waals surface area contributed by atoms with Crippen molar-refractivity contribution in [2.24, 2.45) is 0 Å². The molecule has 5 heteroatoms. The summed E-state index contributed by atoms with van der Waals surface area (Å²) in [5, 5.41) is 33.4. The van der Waals surface area contributed by atoms with Crippen LogP contribution in [0.15, 0.2) is 24.3 Å². The number of unbranched alkanes of at least 4 members (excludes halogenated alkanes) is 48. The molecule has 0 aromatic carbocycles. The fourth-order valence-corrected chi connectivity index (χ4v) is 9.97. The van der Waals surface area contributed by atoms with E-state index in [1.165, 1.54) is 289 Å². The molecule has 68 heavy (non-hydrogen) atoms. The molecule has 0 saturated carbocycles. The quantitative estimate of drug-likeness (QED) is 0.0361. The van der Waals surface area contributed by atoms with E-state index in [4.69, 9.17) is 0 Å². The molecule has 0 aromatic rings. The number of hydrogen-bond acceptors (Lipinski definition) is 4. The Labute approximate surface area is 426 Å². The third kappa shape index (κ3) is 52.6. The van der Waals surface area contributed by atoms with Crippen molar-refractivity contribution in [2.45, 2.75) is 366 Å². The number of aliphatic hydroxyl groups excluding tert-OH is 3. The standard InChI is InChI=1S/C63H123NO4/c1-3-5-7-9-11-13-15-17-19-21-23-24-25-26-27-28-29-30-31-32-33-34-35-36-37-38-39-40-42-44-46-48-50-52-54-56-58-62(67)63(68)64-60(59-65)61(66)57-55-53-51-49-47-45-43-41-22-20-18-16-14-12-10-8-6-4-2/h47,49,55,57,60-62,65-67H,3-46,48,50-54,56,58-59H2,1-2H3,(H,64,68)/b49-47+,57-55+. The zero-order valence-corrected chi connectivity index (χ0v) is 46.3. The van der Waals surface area contributed by atoms with Gasteiger partial charge in [0.15, 0.2) is 0 Å². The van der Waals surface area contributed by atoms with Gasteiger partial charge in [-0.1, -0.05) is 340 Å². The Morgan fingerprint density at radius 2 is 0.603 bits per heavy atom. The largest absolute Gasteiger partial charge is 0.394 e. The molecule has 404 valence electrons. The Bertz CT molecular complexity index is 1010. The lowest BCUT2D eigenvalue weighted by Gasteiger charge is -2.21. The molecule has 0 spiro atoms. The van der Waals surface area contributed by atoms with E-state index in [-0.39, 0.29) is 6.61 Å². The van der Waals surface area contributed by atoms with Crippen molar-refractivity contribution < 1.29 is 20.1 Å². The van der Waals surface area contributed by atoms with E-state index < -0.39 is 24.2 Å². The first-order chi connectivity index (χ1) is 33.6. The SMILES string of the molecule is CCCCCCCCCCCCCC/C=C/CC/C=C/C(O)C(CO)NC(=O)C(O)CCCCCCCCCCCCCCCCCCCCCCCCCCCCCCCCCCCCCC. The van der Waals surface area contributed by atoms with Crippen LogP contribution in [0.25, 0.3) is 0 Å². The fraction of sp³-hybridized carbons (Fsp3) is 0.921. The van der Waals surface area contributed by atoms with Crippen LogP contribution in [0.1, 0.15) is 348 Å². The lowest BCUT2D eigenvalue weighted by atomic mass is 10.0. The summed E-state index contributed by atoms with van der Waals surface area (Å²) in [4.78, 5) is 12.6. The summed E-state index contributed by atoms with van der Waals surface area (Å²) in [5.74, 6) is -0.506. The number of hydrogen-bond donors (Lipinski definition) is 4. The van der Waals surface area contributed by atoms with E-state index >= 15 is 0 Å². The molecule has 0 radical (unpaired) electrons. The summed E-state index contributed by atoms with van der Waals surface area (Å²) in [5.41, 5.74) is 0. The molecule has 0 aliphatic heterocycles. The number of nitrogens with one attached hydrogen (secondary N) is 1. The predicted octanol–water partition coefficient (Wildman–Crippen LogP) is 19.6. The zero-order chi connectivity index (χ0) is 49.3. The minimum absolute atomic E-state index is 0.372. The van der Waals surface area contributed by atoms with Gasteiger partial charge in [-0.15, -0.1) is 0 Å². The highest BCUT2D eigenvalue weighted by atomic mass is 16.3. The first-order valence-electron chi connectivity index (χ1n) is 31.2. The lowest BCUT2D eigenvalue weighted by Crippen LogP contribution is -2.48. The second-order valence-electron chi connectivity index (χ2n) is 21.6. The maximum atomic E-state index is 12.6. The first kappa shape index (κ1) is 66.8. The zero-order valence-electron chi connectivity index (χ0n) is 46.3. The Morgan fingerprint density at radius 1 is 0.353 bits per heavy atom. The van der Waals surface area contributed by atoms with E-state index in [1.54, 1.807) is 6.08 Å². The summed E-state index contributed by atoms with van der Waals surface area (Å²) in [6.45, 7) is 4.21. The van der Waals surface area contributed by atoms with Gasteiger partial charge in [-0.2, -0.15) is 0 Å². The Kier molecular flexibility index (Phi) is 57.4. The molecule has 0 bridgehead atoms. The van der Waals surface area contributed by atoms with Gasteiger partial charge in [0.2, 0.25) is 5.91 Å². The van der Waals surface area contributed by atoms with E-state index in [1.807, 2.05) is 6.08 Å². The van der Waals surface area contributed by atoms with Crippen LogP contribution >= 0.6 is 0 Å². The van der Waals surface area contributed by atoms with Gasteiger partial charge in [-0.3, -0.25) is 4.79 Å². The number of carbonyl (C=O) groups excluding carboxylic acids is 1. The number of carbonyl (C=O) groups is 1. The van der Waals surface area contributed by atoms with Crippen LogP contribution in [0.4, 0.5) is 0 Å². The van der Waals surface area contributed by atoms with Crippen LogP contribution in [0.2, 0.25) is 0 Å². The number of rotatable bonds is 58. The third-order valence-corrected chi connectivity index (χ3v) is 14.8. The average Bonchev–Trinajstić information content (AvgIpc) is 3.34. The van der Waals surface area contributed by atoms with Crippen LogP contribution in [-0.2, 0) is 4.79 Å². The van der Waals surface area contributed by atoms with Crippen LogP contribution < -0.4 is 5.32 Å². The van der Waals surface area contributed by atoms with Crippen LogP contribution in [0.5, 0.6) is 0 Å². The maximum Gasteiger partial charge on any atom is 0.249 e. The second-order valence-corrected chi connectivity index (χ2v) is 21.6. The molecule has 5 nitrogen and oxygen atoms in total. The van der Waals surface area contributed by atoms with Crippen molar-refractivity contribution in [3.05, 3.63) is 24.3 Å². The Morgan fingerprint density at radius 3 is 0.897 bits per heavy atom. The molecular weight excluding hydrogens is 835 g/mol. The molecule has 4 N–H and O–H groups in total. The first-order valence-corrected chi connectivity index (χ1v) is 31.2. The topological polar surface area (TPSA) is 89.8 Å². The molecular formula is C63H123NO4. The van der Waals surface area contributed by atoms with Crippen molar-refractivity contribution in [3.63, 3.8) is 0 Å². The van der Waals surface area contributed by atoms with Gasteiger partial charge in [-0.25, -0.2) is 0 Å². The lowest BCUT2D eigenvalue weighted by molar-refractivity contribution is -0.131. The maximum absolute atomic E-state index is 12.6. The van der Waals surface area contributed by atoms with Gasteiger partial charge < -0.3 is 20.6 Å². The molecule has 0 fully saturated rings. The van der Waals surface area contributed by atoms with Crippen molar-refractivity contribution in [1.82, 2.24) is 5.32 Å². The Hall–Kier alpha value is -1.17. The van der Waals surface area contributed by atoms with E-state index in [0.717, 1.165) is 38.5 Å². The monoisotopic (exact) mass is 958 g/mol. The summed E-state index contributed by atoms with van der Waals surface area (Å²) in [6, 6.07) is -0.812. The number of amides is 1. The highest BCUT2D eigenvalue weighted by Crippen LogP contribution is 2.19. The summed E-state index contributed by atoms with van der Waals surface area (Å²) in [6.07, 6.45) is 75.9. The van der Waals surface area contributed by atoms with Crippen molar-refractivity contribution in [2.75, 3.05) is 6.61 Å². The van der Waals surface area contributed by atoms with Crippen molar-refractivity contribution >= 4 is 5.91 Å². The van der Waals surface area contributed by atoms with Gasteiger partial charge in [0.1, 0.15) is 6.10 Å². The van der Waals surface area contributed by atoms with Crippen LogP contribution in [-0.4, -0.2) is 46.1 Å².